The highest BCUT2D eigenvalue weighted by Gasteiger charge is 2.44. The van der Waals surface area contributed by atoms with Gasteiger partial charge < -0.3 is 15.2 Å². The van der Waals surface area contributed by atoms with E-state index in [0.29, 0.717) is 36.7 Å². The van der Waals surface area contributed by atoms with Crippen molar-refractivity contribution in [2.24, 2.45) is 5.41 Å². The standard InChI is InChI=1S/C18H24N6O2/c1-11-6-12(2)24(22-11)10-18(4-5-18)9-19-17(26)23-7-14-15(8-23)20-13(3)21-16(14)25/h6H,4-5,7-10H2,1-3H3,(H,19,26)(H,20,21,25). The SMILES string of the molecule is Cc1cc(C)n(CC2(CNC(=O)N3Cc4nc(C)[nH]c(=O)c4C3)CC2)n1. The summed E-state index contributed by atoms with van der Waals surface area (Å²) >= 11 is 0. The van der Waals surface area contributed by atoms with Gasteiger partial charge in [0.1, 0.15) is 5.82 Å². The minimum absolute atomic E-state index is 0.0950. The summed E-state index contributed by atoms with van der Waals surface area (Å²) in [4.78, 5) is 33.2. The van der Waals surface area contributed by atoms with Gasteiger partial charge >= 0.3 is 6.03 Å². The molecule has 1 saturated carbocycles. The summed E-state index contributed by atoms with van der Waals surface area (Å²) in [5, 5.41) is 7.58. The van der Waals surface area contributed by atoms with E-state index in [1.54, 1.807) is 11.8 Å². The van der Waals surface area contributed by atoms with E-state index in [0.717, 1.165) is 30.8 Å². The minimum Gasteiger partial charge on any atom is -0.337 e. The number of rotatable bonds is 4. The number of hydrogen-bond acceptors (Lipinski definition) is 4. The van der Waals surface area contributed by atoms with Crippen molar-refractivity contribution in [1.29, 1.82) is 0 Å². The molecular formula is C18H24N6O2. The fourth-order valence-electron chi connectivity index (χ4n) is 3.63. The lowest BCUT2D eigenvalue weighted by molar-refractivity contribution is 0.194. The zero-order valence-electron chi connectivity index (χ0n) is 15.4. The van der Waals surface area contributed by atoms with Gasteiger partial charge in [-0.15, -0.1) is 0 Å². The van der Waals surface area contributed by atoms with Crippen LogP contribution in [0, 0.1) is 26.2 Å². The molecule has 2 aromatic heterocycles. The molecule has 0 saturated heterocycles. The number of H-pyrrole nitrogens is 1. The Bertz CT molecular complexity index is 924. The predicted octanol–water partition coefficient (Wildman–Crippen LogP) is 1.40. The highest BCUT2D eigenvalue weighted by atomic mass is 16.2. The monoisotopic (exact) mass is 356 g/mol. The van der Waals surface area contributed by atoms with Crippen molar-refractivity contribution in [2.45, 2.75) is 53.2 Å². The Morgan fingerprint density at radius 3 is 2.73 bits per heavy atom. The van der Waals surface area contributed by atoms with E-state index in [4.69, 9.17) is 0 Å². The van der Waals surface area contributed by atoms with Gasteiger partial charge in [0, 0.05) is 24.2 Å². The Kier molecular flexibility index (Phi) is 3.86. The van der Waals surface area contributed by atoms with E-state index in [1.165, 1.54) is 0 Å². The van der Waals surface area contributed by atoms with Crippen molar-refractivity contribution in [3.8, 4) is 0 Å². The number of urea groups is 1. The summed E-state index contributed by atoms with van der Waals surface area (Å²) < 4.78 is 2.03. The molecule has 1 fully saturated rings. The molecule has 0 radical (unpaired) electrons. The van der Waals surface area contributed by atoms with Gasteiger partial charge in [-0.2, -0.15) is 5.10 Å². The first-order chi connectivity index (χ1) is 12.3. The number of aryl methyl sites for hydroxylation is 3. The second kappa shape index (κ2) is 5.96. The van der Waals surface area contributed by atoms with Crippen LogP contribution in [0.4, 0.5) is 4.79 Å². The summed E-state index contributed by atoms with van der Waals surface area (Å²) in [5.41, 5.74) is 3.41. The van der Waals surface area contributed by atoms with Crippen LogP contribution in [0.5, 0.6) is 0 Å². The van der Waals surface area contributed by atoms with E-state index in [-0.39, 0.29) is 17.0 Å². The van der Waals surface area contributed by atoms with Gasteiger partial charge in [0.2, 0.25) is 0 Å². The maximum Gasteiger partial charge on any atom is 0.318 e. The molecule has 0 atom stereocenters. The normalized spacial score (nSPS) is 17.3. The third kappa shape index (κ3) is 3.11. The Balaban J connectivity index is 1.37. The van der Waals surface area contributed by atoms with Crippen molar-refractivity contribution in [1.82, 2.24) is 30.0 Å². The zero-order chi connectivity index (χ0) is 18.5. The second-order valence-electron chi connectivity index (χ2n) is 7.68. The Labute approximate surface area is 151 Å². The number of carbonyl (C=O) groups is 1. The molecule has 8 nitrogen and oxygen atoms in total. The number of nitrogens with one attached hydrogen (secondary N) is 2. The predicted molar refractivity (Wildman–Crippen MR) is 95.6 cm³/mol. The highest BCUT2D eigenvalue weighted by Crippen LogP contribution is 2.46. The third-order valence-electron chi connectivity index (χ3n) is 5.36. The quantitative estimate of drug-likeness (QED) is 0.865. The molecule has 2 amide bonds. The van der Waals surface area contributed by atoms with Crippen molar-refractivity contribution < 1.29 is 4.79 Å². The molecule has 2 N–H and O–H groups in total. The van der Waals surface area contributed by atoms with Gasteiger partial charge in [0.15, 0.2) is 0 Å². The zero-order valence-corrected chi connectivity index (χ0v) is 15.4. The Morgan fingerprint density at radius 2 is 2.08 bits per heavy atom. The molecule has 3 heterocycles. The first-order valence-corrected chi connectivity index (χ1v) is 8.98. The van der Waals surface area contributed by atoms with Gasteiger partial charge in [-0.25, -0.2) is 9.78 Å². The molecule has 1 aliphatic carbocycles. The molecule has 138 valence electrons. The van der Waals surface area contributed by atoms with Crippen LogP contribution in [-0.4, -0.2) is 37.2 Å². The lowest BCUT2D eigenvalue weighted by Crippen LogP contribution is -2.40. The molecule has 0 bridgehead atoms. The largest absolute Gasteiger partial charge is 0.337 e. The first-order valence-electron chi connectivity index (χ1n) is 8.98. The maximum atomic E-state index is 12.6. The van der Waals surface area contributed by atoms with Crippen molar-refractivity contribution in [2.75, 3.05) is 6.54 Å². The average molecular weight is 356 g/mol. The Hall–Kier alpha value is -2.64. The van der Waals surface area contributed by atoms with Crippen LogP contribution in [-0.2, 0) is 19.6 Å². The summed E-state index contributed by atoms with van der Waals surface area (Å²) in [6.07, 6.45) is 2.18. The summed E-state index contributed by atoms with van der Waals surface area (Å²) in [7, 11) is 0. The number of aromatic amines is 1. The van der Waals surface area contributed by atoms with E-state index in [9.17, 15) is 9.59 Å². The van der Waals surface area contributed by atoms with Crippen LogP contribution in [0.2, 0.25) is 0 Å². The van der Waals surface area contributed by atoms with Gasteiger partial charge in [-0.05, 0) is 39.7 Å². The molecular weight excluding hydrogens is 332 g/mol. The number of amides is 2. The van der Waals surface area contributed by atoms with Gasteiger partial charge in [-0.3, -0.25) is 9.48 Å². The molecule has 2 aromatic rings. The highest BCUT2D eigenvalue weighted by molar-refractivity contribution is 5.75. The van der Waals surface area contributed by atoms with Gasteiger partial charge in [-0.1, -0.05) is 0 Å². The van der Waals surface area contributed by atoms with E-state index in [1.807, 2.05) is 11.6 Å². The molecule has 0 aromatic carbocycles. The number of fused-ring (bicyclic) bond motifs is 1. The summed E-state index contributed by atoms with van der Waals surface area (Å²) in [5.74, 6) is 0.581. The minimum atomic E-state index is -0.147. The van der Waals surface area contributed by atoms with Crippen molar-refractivity contribution >= 4 is 6.03 Å². The van der Waals surface area contributed by atoms with E-state index < -0.39 is 0 Å². The average Bonchev–Trinajstić information content (AvgIpc) is 3.07. The third-order valence-corrected chi connectivity index (χ3v) is 5.36. The van der Waals surface area contributed by atoms with Crippen LogP contribution in [0.25, 0.3) is 0 Å². The number of nitrogens with zero attached hydrogens (tertiary/aromatic N) is 4. The molecule has 1 aliphatic heterocycles. The second-order valence-corrected chi connectivity index (χ2v) is 7.68. The fraction of sp³-hybridized carbons (Fsp3) is 0.556. The molecule has 0 spiro atoms. The molecule has 8 heteroatoms. The van der Waals surface area contributed by atoms with Crippen LogP contribution < -0.4 is 10.9 Å². The van der Waals surface area contributed by atoms with Crippen molar-refractivity contribution in [3.63, 3.8) is 0 Å². The first kappa shape index (κ1) is 16.8. The fourth-order valence-corrected chi connectivity index (χ4v) is 3.63. The molecule has 26 heavy (non-hydrogen) atoms. The molecule has 4 rings (SSSR count). The topological polar surface area (TPSA) is 95.9 Å². The smallest absolute Gasteiger partial charge is 0.318 e. The summed E-state index contributed by atoms with van der Waals surface area (Å²) in [6.45, 7) is 7.95. The van der Waals surface area contributed by atoms with Crippen LogP contribution >= 0.6 is 0 Å². The number of hydrogen-bond donors (Lipinski definition) is 2. The number of carbonyl (C=O) groups excluding carboxylic acids is 1. The van der Waals surface area contributed by atoms with Gasteiger partial charge in [0.25, 0.3) is 5.56 Å². The van der Waals surface area contributed by atoms with E-state index in [2.05, 4.69) is 33.4 Å². The summed E-state index contributed by atoms with van der Waals surface area (Å²) in [6, 6.07) is 1.93. The number of aromatic nitrogens is 4. The van der Waals surface area contributed by atoms with Crippen molar-refractivity contribution in [3.05, 3.63) is 44.9 Å². The Morgan fingerprint density at radius 1 is 1.31 bits per heavy atom. The van der Waals surface area contributed by atoms with Crippen LogP contribution in [0.1, 0.15) is 41.3 Å². The lowest BCUT2D eigenvalue weighted by atomic mass is 10.1. The molecule has 0 unspecified atom stereocenters. The van der Waals surface area contributed by atoms with Crippen LogP contribution in [0.15, 0.2) is 10.9 Å². The maximum absolute atomic E-state index is 12.6. The van der Waals surface area contributed by atoms with Gasteiger partial charge in [0.05, 0.1) is 30.0 Å². The lowest BCUT2D eigenvalue weighted by Gasteiger charge is -2.21. The van der Waals surface area contributed by atoms with Crippen LogP contribution in [0.3, 0.4) is 0 Å². The molecule has 2 aliphatic rings. The van der Waals surface area contributed by atoms with E-state index >= 15 is 0 Å².